The van der Waals surface area contributed by atoms with Crippen molar-refractivity contribution < 1.29 is 37.0 Å². The summed E-state index contributed by atoms with van der Waals surface area (Å²) in [6.45, 7) is 1.79. The largest absolute Gasteiger partial charge is 0.490 e. The Bertz CT molecular complexity index is 1790. The van der Waals surface area contributed by atoms with Crippen LogP contribution in [0.25, 0.3) is 16.8 Å². The number of fused-ring (bicyclic) bond motifs is 1. The van der Waals surface area contributed by atoms with E-state index in [9.17, 15) is 27.6 Å². The SMILES string of the molecule is CCOc1cc(/C=C2\SC(=O)N(CC(=O)Nc3cccc(C(F)(F)F)c3)C2=O)cc(Br)c1OCc1cccc2ccccc12. The fourth-order valence-electron chi connectivity index (χ4n) is 4.55. The summed E-state index contributed by atoms with van der Waals surface area (Å²) in [7, 11) is 0. The lowest BCUT2D eigenvalue weighted by Crippen LogP contribution is -2.36. The lowest BCUT2D eigenvalue weighted by Gasteiger charge is -2.16. The molecule has 0 spiro atoms. The Morgan fingerprint density at radius 3 is 2.52 bits per heavy atom. The molecule has 7 nitrogen and oxygen atoms in total. The number of hydrogen-bond donors (Lipinski definition) is 1. The van der Waals surface area contributed by atoms with E-state index in [1.165, 1.54) is 12.1 Å². The van der Waals surface area contributed by atoms with Gasteiger partial charge in [0, 0.05) is 5.69 Å². The lowest BCUT2D eigenvalue weighted by molar-refractivity contribution is -0.137. The minimum absolute atomic E-state index is 0.0700. The van der Waals surface area contributed by atoms with Crippen molar-refractivity contribution in [3.8, 4) is 11.5 Å². The molecule has 1 aliphatic rings. The van der Waals surface area contributed by atoms with Gasteiger partial charge >= 0.3 is 6.18 Å². The van der Waals surface area contributed by atoms with E-state index < -0.39 is 35.3 Å². The number of thioether (sulfide) groups is 1. The van der Waals surface area contributed by atoms with E-state index in [0.29, 0.717) is 39.9 Å². The summed E-state index contributed by atoms with van der Waals surface area (Å²) in [4.78, 5) is 39.0. The zero-order chi connectivity index (χ0) is 31.4. The van der Waals surface area contributed by atoms with Crippen molar-refractivity contribution in [1.29, 1.82) is 0 Å². The highest BCUT2D eigenvalue weighted by molar-refractivity contribution is 9.10. The summed E-state index contributed by atoms with van der Waals surface area (Å²) < 4.78 is 51.6. The van der Waals surface area contributed by atoms with Crippen molar-refractivity contribution in [2.75, 3.05) is 18.5 Å². The summed E-state index contributed by atoms with van der Waals surface area (Å²) in [6.07, 6.45) is -3.09. The molecule has 5 rings (SSSR count). The first-order valence-corrected chi connectivity index (χ1v) is 14.9. The van der Waals surface area contributed by atoms with Gasteiger partial charge in [0.15, 0.2) is 11.5 Å². The number of hydrogen-bond acceptors (Lipinski definition) is 6. The quantitative estimate of drug-likeness (QED) is 0.179. The van der Waals surface area contributed by atoms with Gasteiger partial charge in [0.05, 0.1) is 21.5 Å². The molecule has 0 saturated carbocycles. The van der Waals surface area contributed by atoms with E-state index in [1.807, 2.05) is 49.4 Å². The molecular formula is C32H24BrF3N2O5S. The van der Waals surface area contributed by atoms with Crippen LogP contribution in [0.1, 0.15) is 23.6 Å². The molecule has 0 aliphatic carbocycles. The zero-order valence-electron chi connectivity index (χ0n) is 23.1. The van der Waals surface area contributed by atoms with Crippen molar-refractivity contribution in [2.45, 2.75) is 19.7 Å². The Morgan fingerprint density at radius 2 is 1.75 bits per heavy atom. The fraction of sp³-hybridized carbons (Fsp3) is 0.156. The highest BCUT2D eigenvalue weighted by Gasteiger charge is 2.36. The van der Waals surface area contributed by atoms with Crippen molar-refractivity contribution in [3.63, 3.8) is 0 Å². The smallest absolute Gasteiger partial charge is 0.416 e. The predicted molar refractivity (Wildman–Crippen MR) is 166 cm³/mol. The number of halogens is 4. The first kappa shape index (κ1) is 31.1. The Balaban J connectivity index is 1.31. The first-order valence-electron chi connectivity index (χ1n) is 13.3. The Hall–Kier alpha value is -4.29. The number of nitrogens with zero attached hydrogens (tertiary/aromatic N) is 1. The van der Waals surface area contributed by atoms with Gasteiger partial charge in [0.2, 0.25) is 5.91 Å². The van der Waals surface area contributed by atoms with Crippen molar-refractivity contribution in [1.82, 2.24) is 4.90 Å². The summed E-state index contributed by atoms with van der Waals surface area (Å²) in [6, 6.07) is 21.4. The minimum Gasteiger partial charge on any atom is -0.490 e. The third-order valence-electron chi connectivity index (χ3n) is 6.53. The predicted octanol–water partition coefficient (Wildman–Crippen LogP) is 8.27. The zero-order valence-corrected chi connectivity index (χ0v) is 25.5. The second kappa shape index (κ2) is 13.1. The Labute approximate surface area is 263 Å². The molecule has 1 heterocycles. The number of imide groups is 1. The summed E-state index contributed by atoms with van der Waals surface area (Å²) in [5, 5.41) is 3.79. The van der Waals surface area contributed by atoms with Crippen LogP contribution in [0.5, 0.6) is 11.5 Å². The maximum atomic E-state index is 13.0. The van der Waals surface area contributed by atoms with E-state index in [-0.39, 0.29) is 17.2 Å². The fourth-order valence-corrected chi connectivity index (χ4v) is 5.96. The number of carbonyl (C=O) groups is 3. The minimum atomic E-state index is -4.59. The molecule has 0 aromatic heterocycles. The molecule has 4 aromatic carbocycles. The maximum Gasteiger partial charge on any atom is 0.416 e. The molecule has 4 aromatic rings. The van der Waals surface area contributed by atoms with E-state index in [2.05, 4.69) is 21.2 Å². The van der Waals surface area contributed by atoms with Gasteiger partial charge in [0.1, 0.15) is 13.2 Å². The van der Waals surface area contributed by atoms with Gasteiger partial charge in [-0.2, -0.15) is 13.2 Å². The van der Waals surface area contributed by atoms with Crippen LogP contribution in [0.3, 0.4) is 0 Å². The molecule has 0 bridgehead atoms. The van der Waals surface area contributed by atoms with Crippen LogP contribution in [0.2, 0.25) is 0 Å². The molecule has 1 N–H and O–H groups in total. The van der Waals surface area contributed by atoms with E-state index in [1.54, 1.807) is 12.1 Å². The number of rotatable bonds is 9. The third kappa shape index (κ3) is 7.08. The second-order valence-corrected chi connectivity index (χ2v) is 11.4. The monoisotopic (exact) mass is 684 g/mol. The van der Waals surface area contributed by atoms with Gasteiger partial charge < -0.3 is 14.8 Å². The standard InChI is InChI=1S/C32H24BrF3N2O5S/c1-2-42-26-14-19(13-25(33)29(26)43-18-21-9-5-8-20-7-3-4-12-24(20)21)15-27-30(40)38(31(41)44-27)17-28(39)37-23-11-6-10-22(16-23)32(34,35)36/h3-16H,2,17-18H2,1H3,(H,37,39)/b27-15-. The van der Waals surface area contributed by atoms with Crippen LogP contribution >= 0.6 is 27.7 Å². The summed E-state index contributed by atoms with van der Waals surface area (Å²) >= 11 is 4.19. The summed E-state index contributed by atoms with van der Waals surface area (Å²) in [5.74, 6) is -0.629. The normalized spacial score (nSPS) is 14.4. The highest BCUT2D eigenvalue weighted by atomic mass is 79.9. The molecular weight excluding hydrogens is 661 g/mol. The second-order valence-electron chi connectivity index (χ2n) is 9.58. The molecule has 1 saturated heterocycles. The van der Waals surface area contributed by atoms with Crippen molar-refractivity contribution in [2.24, 2.45) is 0 Å². The lowest BCUT2D eigenvalue weighted by atomic mass is 10.1. The van der Waals surface area contributed by atoms with Crippen LogP contribution in [-0.2, 0) is 22.4 Å². The first-order chi connectivity index (χ1) is 21.0. The average Bonchev–Trinajstić information content (AvgIpc) is 3.23. The molecule has 12 heteroatoms. The van der Waals surface area contributed by atoms with Gasteiger partial charge in [-0.3, -0.25) is 19.3 Å². The van der Waals surface area contributed by atoms with E-state index in [0.717, 1.165) is 39.4 Å². The molecule has 3 amide bonds. The number of benzene rings is 4. The number of carbonyl (C=O) groups excluding carboxylic acids is 3. The molecule has 44 heavy (non-hydrogen) atoms. The molecule has 0 atom stereocenters. The third-order valence-corrected chi connectivity index (χ3v) is 8.03. The molecule has 1 aliphatic heterocycles. The maximum absolute atomic E-state index is 13.0. The van der Waals surface area contributed by atoms with Gasteiger partial charge in [-0.1, -0.05) is 48.5 Å². The van der Waals surface area contributed by atoms with Gasteiger partial charge in [-0.25, -0.2) is 0 Å². The van der Waals surface area contributed by atoms with Crippen molar-refractivity contribution in [3.05, 3.63) is 105 Å². The molecule has 226 valence electrons. The average molecular weight is 686 g/mol. The van der Waals surface area contributed by atoms with Gasteiger partial charge in [-0.05, 0) is 92.9 Å². The Kier molecular flexibility index (Phi) is 9.31. The topological polar surface area (TPSA) is 84.9 Å². The number of ether oxygens (including phenoxy) is 2. The highest BCUT2D eigenvalue weighted by Crippen LogP contribution is 2.40. The van der Waals surface area contributed by atoms with Crippen LogP contribution in [-0.4, -0.2) is 35.1 Å². The van der Waals surface area contributed by atoms with E-state index in [4.69, 9.17) is 9.47 Å². The van der Waals surface area contributed by atoms with Crippen LogP contribution in [0, 0.1) is 0 Å². The summed E-state index contributed by atoms with van der Waals surface area (Å²) in [5.41, 5.74) is 0.486. The number of anilines is 1. The molecule has 0 radical (unpaired) electrons. The van der Waals surface area contributed by atoms with Crippen LogP contribution in [0.15, 0.2) is 88.2 Å². The van der Waals surface area contributed by atoms with Crippen LogP contribution < -0.4 is 14.8 Å². The van der Waals surface area contributed by atoms with Crippen LogP contribution in [0.4, 0.5) is 23.7 Å². The number of amides is 3. The van der Waals surface area contributed by atoms with Gasteiger partial charge in [-0.15, -0.1) is 0 Å². The van der Waals surface area contributed by atoms with E-state index >= 15 is 0 Å². The number of nitrogens with one attached hydrogen (secondary N) is 1. The number of alkyl halides is 3. The molecule has 0 unspecified atom stereocenters. The molecule has 1 fully saturated rings. The Morgan fingerprint density at radius 1 is 1.00 bits per heavy atom. The van der Waals surface area contributed by atoms with Crippen molar-refractivity contribution >= 4 is 67.3 Å². The van der Waals surface area contributed by atoms with Gasteiger partial charge in [0.25, 0.3) is 11.1 Å².